The zero-order valence-corrected chi connectivity index (χ0v) is 42.4. The van der Waals surface area contributed by atoms with Crippen molar-refractivity contribution in [2.75, 3.05) is 13.2 Å². The lowest BCUT2D eigenvalue weighted by Crippen LogP contribution is -2.30. The number of rotatable bonds is 46. The molecule has 0 aliphatic heterocycles. The molecule has 0 N–H and O–H groups in total. The van der Waals surface area contributed by atoms with E-state index in [4.69, 9.17) is 14.2 Å². The molecule has 0 bridgehead atoms. The molecule has 0 saturated heterocycles. The van der Waals surface area contributed by atoms with Gasteiger partial charge in [0.25, 0.3) is 0 Å². The molecule has 0 fully saturated rings. The lowest BCUT2D eigenvalue weighted by Gasteiger charge is -2.18. The van der Waals surface area contributed by atoms with Gasteiger partial charge in [-0.1, -0.05) is 213 Å². The maximum Gasteiger partial charge on any atom is 0.306 e. The zero-order valence-electron chi connectivity index (χ0n) is 42.4. The van der Waals surface area contributed by atoms with Crippen molar-refractivity contribution in [2.24, 2.45) is 0 Å². The monoisotopic (exact) mass is 913 g/mol. The molecule has 0 radical (unpaired) electrons. The molecule has 0 aliphatic rings. The molecule has 0 amide bonds. The average molecular weight is 913 g/mol. The van der Waals surface area contributed by atoms with Crippen LogP contribution >= 0.6 is 0 Å². The number of esters is 3. The van der Waals surface area contributed by atoms with Crippen LogP contribution in [0.5, 0.6) is 0 Å². The summed E-state index contributed by atoms with van der Waals surface area (Å²) in [6.07, 6.45) is 73.6. The van der Waals surface area contributed by atoms with Crippen molar-refractivity contribution in [3.05, 3.63) is 122 Å². The lowest BCUT2D eigenvalue weighted by molar-refractivity contribution is -0.167. The smallest absolute Gasteiger partial charge is 0.306 e. The van der Waals surface area contributed by atoms with Gasteiger partial charge in [-0.15, -0.1) is 0 Å². The van der Waals surface area contributed by atoms with Crippen LogP contribution in [0, 0.1) is 0 Å². The number of ether oxygens (including phenoxy) is 3. The Balaban J connectivity index is 4.23. The van der Waals surface area contributed by atoms with Gasteiger partial charge < -0.3 is 14.2 Å². The minimum atomic E-state index is -0.802. The number of carbonyl (C=O) groups excluding carboxylic acids is 3. The Hall–Kier alpha value is -4.19. The van der Waals surface area contributed by atoms with Crippen LogP contribution in [-0.4, -0.2) is 37.2 Å². The van der Waals surface area contributed by atoms with Gasteiger partial charge in [0.15, 0.2) is 6.10 Å². The number of allylic oxidation sites excluding steroid dienone is 20. The van der Waals surface area contributed by atoms with Crippen LogP contribution in [-0.2, 0) is 28.6 Å². The quantitative estimate of drug-likeness (QED) is 0.0262. The standard InChI is InChI=1S/C60H96O6/c1-4-7-10-13-16-18-20-22-24-25-26-27-28-29-30-31-32-33-34-35-37-38-40-42-44-47-50-53-59(62)65-56-57(55-64-58(61)52-49-46-15-12-9-6-3)66-60(63)54-51-48-45-43-41-39-36-23-21-19-17-14-11-8-5-2/h7-8,10-11,16-19,22-24,26-27,29-30,32-33,36,41,43,57H,4-6,9,12-15,20-21,25,28,31,34-35,37-40,42,44-56H2,1-3H3/b10-7-,11-8-,18-16-,19-17-,24-22-,27-26-,30-29-,33-32-,36-23-,43-41-. The van der Waals surface area contributed by atoms with Gasteiger partial charge in [0, 0.05) is 19.3 Å². The summed E-state index contributed by atoms with van der Waals surface area (Å²) < 4.78 is 16.7. The van der Waals surface area contributed by atoms with Crippen molar-refractivity contribution in [3.63, 3.8) is 0 Å². The molecule has 1 atom stereocenters. The number of carbonyl (C=O) groups is 3. The Labute approximate surface area is 405 Å². The normalized spacial score (nSPS) is 13.1. The third-order valence-electron chi connectivity index (χ3n) is 10.7. The summed E-state index contributed by atoms with van der Waals surface area (Å²) in [5, 5.41) is 0. The minimum absolute atomic E-state index is 0.100. The Morgan fingerprint density at radius 3 is 0.955 bits per heavy atom. The topological polar surface area (TPSA) is 78.9 Å². The van der Waals surface area contributed by atoms with Crippen LogP contribution < -0.4 is 0 Å². The predicted molar refractivity (Wildman–Crippen MR) is 283 cm³/mol. The van der Waals surface area contributed by atoms with Gasteiger partial charge in [0.05, 0.1) is 0 Å². The molecule has 0 saturated carbocycles. The van der Waals surface area contributed by atoms with Gasteiger partial charge in [0.2, 0.25) is 0 Å². The lowest BCUT2D eigenvalue weighted by atomic mass is 10.1. The maximum atomic E-state index is 12.7. The summed E-state index contributed by atoms with van der Waals surface area (Å²) in [5.74, 6) is -0.968. The fraction of sp³-hybridized carbons (Fsp3) is 0.617. The van der Waals surface area contributed by atoms with E-state index >= 15 is 0 Å². The second kappa shape index (κ2) is 53.4. The SMILES string of the molecule is CC/C=C\C/C=C\C/C=C\C/C=C\C/C=C\C/C=C\CCCCCCCCCCC(=O)OCC(COC(=O)CCCCCCCC)OC(=O)CCCC/C=C\C/C=C\C/C=C\C/C=C\CC. The molecule has 0 rings (SSSR count). The number of hydrogen-bond acceptors (Lipinski definition) is 6. The molecule has 6 nitrogen and oxygen atoms in total. The molecule has 6 heteroatoms. The Morgan fingerprint density at radius 1 is 0.318 bits per heavy atom. The highest BCUT2D eigenvalue weighted by atomic mass is 16.6. The molecule has 0 aromatic heterocycles. The van der Waals surface area contributed by atoms with E-state index in [2.05, 4.69) is 142 Å². The molecular formula is C60H96O6. The van der Waals surface area contributed by atoms with Crippen molar-refractivity contribution in [3.8, 4) is 0 Å². The number of hydrogen-bond donors (Lipinski definition) is 0. The minimum Gasteiger partial charge on any atom is -0.462 e. The van der Waals surface area contributed by atoms with E-state index in [1.807, 2.05) is 0 Å². The van der Waals surface area contributed by atoms with Gasteiger partial charge >= 0.3 is 17.9 Å². The molecule has 66 heavy (non-hydrogen) atoms. The predicted octanol–water partition coefficient (Wildman–Crippen LogP) is 17.7. The molecule has 0 aromatic carbocycles. The summed E-state index contributed by atoms with van der Waals surface area (Å²) in [5.41, 5.74) is 0. The summed E-state index contributed by atoms with van der Waals surface area (Å²) in [7, 11) is 0. The van der Waals surface area contributed by atoms with E-state index in [1.54, 1.807) is 0 Å². The Bertz CT molecular complexity index is 1420. The van der Waals surface area contributed by atoms with E-state index in [1.165, 1.54) is 51.4 Å². The van der Waals surface area contributed by atoms with E-state index < -0.39 is 6.10 Å². The second-order valence-corrected chi connectivity index (χ2v) is 17.0. The van der Waals surface area contributed by atoms with Crippen LogP contribution in [0.4, 0.5) is 0 Å². The van der Waals surface area contributed by atoms with Crippen LogP contribution in [0.2, 0.25) is 0 Å². The fourth-order valence-electron chi connectivity index (χ4n) is 6.79. The van der Waals surface area contributed by atoms with Gasteiger partial charge in [-0.05, 0) is 109 Å². The van der Waals surface area contributed by atoms with Crippen molar-refractivity contribution in [2.45, 2.75) is 226 Å². The third-order valence-corrected chi connectivity index (χ3v) is 10.7. The largest absolute Gasteiger partial charge is 0.462 e. The molecular weight excluding hydrogens is 817 g/mol. The highest BCUT2D eigenvalue weighted by Crippen LogP contribution is 2.13. The molecule has 0 heterocycles. The first-order valence-electron chi connectivity index (χ1n) is 26.5. The van der Waals surface area contributed by atoms with E-state index in [-0.39, 0.29) is 37.5 Å². The first-order valence-corrected chi connectivity index (χ1v) is 26.5. The van der Waals surface area contributed by atoms with Crippen LogP contribution in [0.3, 0.4) is 0 Å². The van der Waals surface area contributed by atoms with E-state index in [0.29, 0.717) is 19.3 Å². The van der Waals surface area contributed by atoms with Crippen LogP contribution in [0.1, 0.15) is 220 Å². The second-order valence-electron chi connectivity index (χ2n) is 17.0. The molecule has 1 unspecified atom stereocenters. The van der Waals surface area contributed by atoms with Crippen LogP contribution in [0.25, 0.3) is 0 Å². The van der Waals surface area contributed by atoms with E-state index in [9.17, 15) is 14.4 Å². The highest BCUT2D eigenvalue weighted by molar-refractivity contribution is 5.71. The first-order chi connectivity index (χ1) is 32.5. The maximum absolute atomic E-state index is 12.7. The van der Waals surface area contributed by atoms with Gasteiger partial charge in [-0.2, -0.15) is 0 Å². The summed E-state index contributed by atoms with van der Waals surface area (Å²) in [6, 6.07) is 0. The molecule has 0 aliphatic carbocycles. The molecule has 372 valence electrons. The van der Waals surface area contributed by atoms with Gasteiger partial charge in [-0.3, -0.25) is 14.4 Å². The first kappa shape index (κ1) is 61.8. The summed E-state index contributed by atoms with van der Waals surface area (Å²) in [6.45, 7) is 6.29. The molecule has 0 aromatic rings. The average Bonchev–Trinajstić information content (AvgIpc) is 3.31. The Kier molecular flexibility index (Phi) is 50.0. The summed E-state index contributed by atoms with van der Waals surface area (Å²) >= 11 is 0. The zero-order chi connectivity index (χ0) is 47.9. The Morgan fingerprint density at radius 2 is 0.591 bits per heavy atom. The van der Waals surface area contributed by atoms with Gasteiger partial charge in [0.1, 0.15) is 13.2 Å². The van der Waals surface area contributed by atoms with Crippen molar-refractivity contribution in [1.82, 2.24) is 0 Å². The fourth-order valence-corrected chi connectivity index (χ4v) is 6.79. The van der Waals surface area contributed by atoms with Crippen LogP contribution in [0.15, 0.2) is 122 Å². The van der Waals surface area contributed by atoms with E-state index in [0.717, 1.165) is 122 Å². The third kappa shape index (κ3) is 50.8. The number of unbranched alkanes of at least 4 members (excludes halogenated alkanes) is 15. The van der Waals surface area contributed by atoms with Crippen molar-refractivity contribution < 1.29 is 28.6 Å². The molecule has 0 spiro atoms. The summed E-state index contributed by atoms with van der Waals surface area (Å²) in [4.78, 5) is 37.7. The highest BCUT2D eigenvalue weighted by Gasteiger charge is 2.19. The van der Waals surface area contributed by atoms with Crippen molar-refractivity contribution in [1.29, 1.82) is 0 Å². The van der Waals surface area contributed by atoms with Gasteiger partial charge in [-0.25, -0.2) is 0 Å². The van der Waals surface area contributed by atoms with Crippen molar-refractivity contribution >= 4 is 17.9 Å².